The first-order chi connectivity index (χ1) is 7.02. The molecule has 82 valence electrons. The van der Waals surface area contributed by atoms with Crippen LogP contribution in [-0.2, 0) is 4.74 Å². The minimum absolute atomic E-state index is 0.227. The van der Waals surface area contributed by atoms with Gasteiger partial charge < -0.3 is 9.47 Å². The van der Waals surface area contributed by atoms with Gasteiger partial charge in [0.15, 0.2) is 0 Å². The van der Waals surface area contributed by atoms with Gasteiger partial charge in [0.25, 0.3) is 0 Å². The van der Waals surface area contributed by atoms with E-state index in [1.54, 1.807) is 7.11 Å². The molecule has 1 saturated heterocycles. The number of rotatable bonds is 2. The van der Waals surface area contributed by atoms with Crippen molar-refractivity contribution >= 4 is 0 Å². The van der Waals surface area contributed by atoms with E-state index in [0.29, 0.717) is 6.10 Å². The van der Waals surface area contributed by atoms with Gasteiger partial charge in [0.1, 0.15) is 11.9 Å². The van der Waals surface area contributed by atoms with Crippen molar-refractivity contribution < 1.29 is 9.47 Å². The molecule has 0 saturated carbocycles. The number of benzene rings is 1. The second-order valence-electron chi connectivity index (χ2n) is 5.12. The first-order valence-corrected chi connectivity index (χ1v) is 5.32. The van der Waals surface area contributed by atoms with E-state index in [-0.39, 0.29) is 11.5 Å². The van der Waals surface area contributed by atoms with Gasteiger partial charge in [0.2, 0.25) is 0 Å². The number of hydrogen-bond donors (Lipinski definition) is 0. The SMILES string of the molecule is COc1ccc([C@H]2O[C@@H]2C(C)(C)C)cc1. The maximum atomic E-state index is 5.70. The third-order valence-electron chi connectivity index (χ3n) is 2.79. The summed E-state index contributed by atoms with van der Waals surface area (Å²) < 4.78 is 10.8. The zero-order valence-electron chi connectivity index (χ0n) is 9.78. The van der Waals surface area contributed by atoms with Crippen LogP contribution in [0.2, 0.25) is 0 Å². The first-order valence-electron chi connectivity index (χ1n) is 5.32. The molecule has 0 amide bonds. The third kappa shape index (κ3) is 2.15. The molecule has 2 atom stereocenters. The highest BCUT2D eigenvalue weighted by Crippen LogP contribution is 2.48. The van der Waals surface area contributed by atoms with Crippen LogP contribution in [-0.4, -0.2) is 13.2 Å². The lowest BCUT2D eigenvalue weighted by molar-refractivity contribution is 0.261. The number of ether oxygens (including phenoxy) is 2. The Bertz CT molecular complexity index is 335. The van der Waals surface area contributed by atoms with E-state index in [0.717, 1.165) is 5.75 Å². The average molecular weight is 206 g/mol. The molecule has 0 unspecified atom stereocenters. The quantitative estimate of drug-likeness (QED) is 0.693. The van der Waals surface area contributed by atoms with Gasteiger partial charge in [-0.2, -0.15) is 0 Å². The molecule has 0 aliphatic carbocycles. The minimum Gasteiger partial charge on any atom is -0.497 e. The van der Waals surface area contributed by atoms with Gasteiger partial charge in [0.05, 0.1) is 13.2 Å². The number of methoxy groups -OCH3 is 1. The molecule has 2 heteroatoms. The van der Waals surface area contributed by atoms with E-state index in [1.165, 1.54) is 5.56 Å². The highest BCUT2D eigenvalue weighted by atomic mass is 16.6. The molecule has 1 aromatic rings. The molecule has 1 fully saturated rings. The second-order valence-corrected chi connectivity index (χ2v) is 5.12. The van der Waals surface area contributed by atoms with Gasteiger partial charge in [-0.1, -0.05) is 32.9 Å². The van der Waals surface area contributed by atoms with Gasteiger partial charge in [-0.3, -0.25) is 0 Å². The number of epoxide rings is 1. The Morgan fingerprint density at radius 3 is 2.13 bits per heavy atom. The van der Waals surface area contributed by atoms with Crippen LogP contribution in [0.1, 0.15) is 32.4 Å². The first kappa shape index (κ1) is 10.5. The van der Waals surface area contributed by atoms with E-state index in [1.807, 2.05) is 12.1 Å². The third-order valence-corrected chi connectivity index (χ3v) is 2.79. The molecule has 1 heterocycles. The van der Waals surface area contributed by atoms with Crippen LogP contribution in [0.4, 0.5) is 0 Å². The van der Waals surface area contributed by atoms with E-state index in [2.05, 4.69) is 32.9 Å². The Balaban J connectivity index is 2.07. The van der Waals surface area contributed by atoms with Crippen LogP contribution in [0, 0.1) is 5.41 Å². The summed E-state index contributed by atoms with van der Waals surface area (Å²) in [4.78, 5) is 0. The largest absolute Gasteiger partial charge is 0.497 e. The van der Waals surface area contributed by atoms with Gasteiger partial charge >= 0.3 is 0 Å². The smallest absolute Gasteiger partial charge is 0.118 e. The van der Waals surface area contributed by atoms with Gasteiger partial charge in [0, 0.05) is 0 Å². The second kappa shape index (κ2) is 3.53. The van der Waals surface area contributed by atoms with Crippen molar-refractivity contribution in [3.63, 3.8) is 0 Å². The zero-order chi connectivity index (χ0) is 11.1. The number of hydrogen-bond acceptors (Lipinski definition) is 2. The maximum absolute atomic E-state index is 5.70. The van der Waals surface area contributed by atoms with Crippen LogP contribution < -0.4 is 4.74 Å². The monoisotopic (exact) mass is 206 g/mol. The Morgan fingerprint density at radius 2 is 1.73 bits per heavy atom. The van der Waals surface area contributed by atoms with Crippen LogP contribution in [0.5, 0.6) is 5.75 Å². The van der Waals surface area contributed by atoms with Crippen molar-refractivity contribution in [3.05, 3.63) is 29.8 Å². The fraction of sp³-hybridized carbons (Fsp3) is 0.538. The normalized spacial score (nSPS) is 25.1. The molecule has 2 nitrogen and oxygen atoms in total. The van der Waals surface area contributed by atoms with Crippen LogP contribution in [0.15, 0.2) is 24.3 Å². The molecular weight excluding hydrogens is 188 g/mol. The Morgan fingerprint density at radius 1 is 1.13 bits per heavy atom. The molecule has 0 N–H and O–H groups in total. The van der Waals surface area contributed by atoms with Crippen LogP contribution in [0.25, 0.3) is 0 Å². The Labute approximate surface area is 91.2 Å². The molecule has 0 aromatic heterocycles. The van der Waals surface area contributed by atoms with Crippen LogP contribution >= 0.6 is 0 Å². The lowest BCUT2D eigenvalue weighted by Crippen LogP contribution is -2.14. The molecule has 1 aromatic carbocycles. The minimum atomic E-state index is 0.227. The summed E-state index contributed by atoms with van der Waals surface area (Å²) in [5, 5.41) is 0. The average Bonchev–Trinajstić information content (AvgIpc) is 2.97. The zero-order valence-corrected chi connectivity index (χ0v) is 9.78. The fourth-order valence-electron chi connectivity index (χ4n) is 1.82. The Hall–Kier alpha value is -1.02. The van der Waals surface area contributed by atoms with Gasteiger partial charge in [-0.15, -0.1) is 0 Å². The van der Waals surface area contributed by atoms with Crippen LogP contribution in [0.3, 0.4) is 0 Å². The highest BCUT2D eigenvalue weighted by Gasteiger charge is 2.47. The van der Waals surface area contributed by atoms with Crippen molar-refractivity contribution in [1.82, 2.24) is 0 Å². The summed E-state index contributed by atoms with van der Waals surface area (Å²) in [6.07, 6.45) is 0.627. The molecule has 2 rings (SSSR count). The summed E-state index contributed by atoms with van der Waals surface area (Å²) in [6, 6.07) is 8.12. The molecule has 0 radical (unpaired) electrons. The van der Waals surface area contributed by atoms with Crippen molar-refractivity contribution in [2.75, 3.05) is 7.11 Å². The van der Waals surface area contributed by atoms with Gasteiger partial charge in [-0.05, 0) is 23.1 Å². The van der Waals surface area contributed by atoms with E-state index >= 15 is 0 Å². The molecule has 0 spiro atoms. The van der Waals surface area contributed by atoms with Crippen molar-refractivity contribution in [1.29, 1.82) is 0 Å². The van der Waals surface area contributed by atoms with E-state index in [9.17, 15) is 0 Å². The Kier molecular flexibility index (Phi) is 2.47. The molecule has 1 aliphatic heterocycles. The molecule has 0 bridgehead atoms. The lowest BCUT2D eigenvalue weighted by atomic mass is 9.88. The lowest BCUT2D eigenvalue weighted by Gasteiger charge is -2.14. The fourth-order valence-corrected chi connectivity index (χ4v) is 1.82. The topological polar surface area (TPSA) is 21.8 Å². The van der Waals surface area contributed by atoms with Crippen molar-refractivity contribution in [3.8, 4) is 5.75 Å². The van der Waals surface area contributed by atoms with Crippen molar-refractivity contribution in [2.45, 2.75) is 33.0 Å². The summed E-state index contributed by atoms with van der Waals surface area (Å²) in [7, 11) is 1.68. The summed E-state index contributed by atoms with van der Waals surface area (Å²) in [5.41, 5.74) is 1.47. The van der Waals surface area contributed by atoms with E-state index in [4.69, 9.17) is 9.47 Å². The predicted octanol–water partition coefficient (Wildman–Crippen LogP) is 3.18. The molecule has 1 aliphatic rings. The predicted molar refractivity (Wildman–Crippen MR) is 60.1 cm³/mol. The van der Waals surface area contributed by atoms with Crippen molar-refractivity contribution in [2.24, 2.45) is 5.41 Å². The molecule has 15 heavy (non-hydrogen) atoms. The maximum Gasteiger partial charge on any atom is 0.118 e. The summed E-state index contributed by atoms with van der Waals surface area (Å²) in [6.45, 7) is 6.63. The summed E-state index contributed by atoms with van der Waals surface area (Å²) in [5.74, 6) is 0.895. The summed E-state index contributed by atoms with van der Waals surface area (Å²) >= 11 is 0. The van der Waals surface area contributed by atoms with Gasteiger partial charge in [-0.25, -0.2) is 0 Å². The standard InChI is InChI=1S/C13H18O2/c1-13(2,3)12-11(15-12)9-5-7-10(14-4)8-6-9/h5-8,11-12H,1-4H3/t11-,12+/m1/s1. The van der Waals surface area contributed by atoms with E-state index < -0.39 is 0 Å². The molecular formula is C13H18O2. The highest BCUT2D eigenvalue weighted by molar-refractivity contribution is 5.31.